The number of hydrogen-bond donors (Lipinski definition) is 3. The lowest BCUT2D eigenvalue weighted by molar-refractivity contribution is -0.112. The van der Waals surface area contributed by atoms with Gasteiger partial charge in [-0.05, 0) is 42.0 Å². The lowest BCUT2D eigenvalue weighted by atomic mass is 10.1. The molecule has 228 valence electrons. The summed E-state index contributed by atoms with van der Waals surface area (Å²) in [5.41, 5.74) is 3.73. The molecule has 12 heteroatoms. The van der Waals surface area contributed by atoms with Crippen molar-refractivity contribution in [2.24, 2.45) is 0 Å². The number of carbonyl (C=O) groups excluding carboxylic acids is 3. The van der Waals surface area contributed by atoms with Crippen LogP contribution in [0.25, 0.3) is 0 Å². The Balaban J connectivity index is 1.52. The number of amides is 4. The Bertz CT molecular complexity index is 1750. The van der Waals surface area contributed by atoms with E-state index in [-0.39, 0.29) is 36.9 Å². The molecule has 3 N–H and O–H groups in total. The van der Waals surface area contributed by atoms with E-state index in [4.69, 9.17) is 14.5 Å². The Morgan fingerprint density at radius 1 is 0.911 bits per heavy atom. The molecule has 0 saturated carbocycles. The summed E-state index contributed by atoms with van der Waals surface area (Å²) in [4.78, 5) is 50.3. The summed E-state index contributed by atoms with van der Waals surface area (Å²) in [7, 11) is 3.09. The van der Waals surface area contributed by atoms with Gasteiger partial charge in [0.15, 0.2) is 0 Å². The van der Waals surface area contributed by atoms with Gasteiger partial charge in [-0.25, -0.2) is 9.78 Å². The molecule has 0 radical (unpaired) electrons. The normalized spacial score (nSPS) is 12.1. The topological polar surface area (TPSA) is 138 Å². The van der Waals surface area contributed by atoms with E-state index in [2.05, 4.69) is 34.1 Å². The first-order valence-corrected chi connectivity index (χ1v) is 13.8. The van der Waals surface area contributed by atoms with E-state index in [0.717, 1.165) is 5.56 Å². The summed E-state index contributed by atoms with van der Waals surface area (Å²) < 4.78 is 10.9. The van der Waals surface area contributed by atoms with Gasteiger partial charge in [0, 0.05) is 35.6 Å². The third kappa shape index (κ3) is 6.91. The predicted octanol–water partition coefficient (Wildman–Crippen LogP) is 5.63. The smallest absolute Gasteiger partial charge is 0.330 e. The van der Waals surface area contributed by atoms with Crippen LogP contribution in [0.5, 0.6) is 11.5 Å². The Kier molecular flexibility index (Phi) is 9.04. The van der Waals surface area contributed by atoms with Gasteiger partial charge in [-0.1, -0.05) is 37.4 Å². The van der Waals surface area contributed by atoms with Crippen molar-refractivity contribution >= 4 is 52.4 Å². The van der Waals surface area contributed by atoms with E-state index >= 15 is 0 Å². The molecule has 4 aromatic rings. The largest absolute Gasteiger partial charge is 0.497 e. The summed E-state index contributed by atoms with van der Waals surface area (Å²) in [6, 6.07) is 19.1. The molecule has 1 aromatic heterocycles. The van der Waals surface area contributed by atoms with Crippen LogP contribution in [0.2, 0.25) is 0 Å². The molecule has 0 atom stereocenters. The van der Waals surface area contributed by atoms with E-state index in [1.807, 2.05) is 18.2 Å². The minimum absolute atomic E-state index is 0.168. The first-order valence-electron chi connectivity index (χ1n) is 13.8. The third-order valence-corrected chi connectivity index (χ3v) is 6.90. The second kappa shape index (κ2) is 13.4. The number of ether oxygens (including phenoxy) is 2. The van der Waals surface area contributed by atoms with Gasteiger partial charge in [-0.3, -0.25) is 19.4 Å². The van der Waals surface area contributed by atoms with Crippen LogP contribution in [0.1, 0.15) is 11.1 Å². The Morgan fingerprint density at radius 3 is 2.20 bits per heavy atom. The average Bonchev–Trinajstić information content (AvgIpc) is 3.07. The minimum atomic E-state index is -0.364. The summed E-state index contributed by atoms with van der Waals surface area (Å²) in [6.07, 6.45) is 4.03. The first kappa shape index (κ1) is 30.3. The number of rotatable bonds is 11. The van der Waals surface area contributed by atoms with Gasteiger partial charge in [-0.2, -0.15) is 4.98 Å². The number of anilines is 6. The zero-order chi connectivity index (χ0) is 31.9. The highest BCUT2D eigenvalue weighted by molar-refractivity contribution is 6.06. The van der Waals surface area contributed by atoms with Gasteiger partial charge >= 0.3 is 6.03 Å². The number of methoxy groups -OCH3 is 2. The molecule has 45 heavy (non-hydrogen) atoms. The van der Waals surface area contributed by atoms with Crippen LogP contribution < -0.4 is 35.2 Å². The summed E-state index contributed by atoms with van der Waals surface area (Å²) >= 11 is 0. The summed E-state index contributed by atoms with van der Waals surface area (Å²) in [5, 5.41) is 8.62. The molecular weight excluding hydrogens is 574 g/mol. The Morgan fingerprint density at radius 2 is 1.56 bits per heavy atom. The van der Waals surface area contributed by atoms with Crippen LogP contribution in [-0.2, 0) is 22.7 Å². The highest BCUT2D eigenvalue weighted by Crippen LogP contribution is 2.36. The molecule has 2 heterocycles. The van der Waals surface area contributed by atoms with E-state index in [0.29, 0.717) is 45.6 Å². The molecule has 0 unspecified atom stereocenters. The van der Waals surface area contributed by atoms with Crippen LogP contribution in [-0.4, -0.2) is 42.0 Å². The average molecular weight is 606 g/mol. The zero-order valence-electron chi connectivity index (χ0n) is 24.7. The van der Waals surface area contributed by atoms with E-state index in [1.54, 1.807) is 78.7 Å². The highest BCUT2D eigenvalue weighted by Gasteiger charge is 2.34. The Labute approximate surface area is 260 Å². The summed E-state index contributed by atoms with van der Waals surface area (Å²) in [5.74, 6) is 1.02. The number of nitrogens with one attached hydrogen (secondary N) is 3. The molecule has 0 bridgehead atoms. The fraction of sp³-hybridized carbons (Fsp3) is 0.121. The quantitative estimate of drug-likeness (QED) is 0.187. The fourth-order valence-electron chi connectivity index (χ4n) is 4.64. The zero-order valence-corrected chi connectivity index (χ0v) is 24.7. The summed E-state index contributed by atoms with van der Waals surface area (Å²) in [6.45, 7) is 7.34. The van der Waals surface area contributed by atoms with Crippen molar-refractivity contribution in [2.45, 2.75) is 13.1 Å². The SMILES string of the molecule is C=CC(=O)Nc1ccc(CN2C(=O)N(c3cc(OC)cc(OC)c3)Cc3cnc(Nc4ccccc4NC(=O)C=C)nc32)cc1. The van der Waals surface area contributed by atoms with Gasteiger partial charge in [0.1, 0.15) is 17.3 Å². The molecule has 5 rings (SSSR count). The van der Waals surface area contributed by atoms with E-state index in [1.165, 1.54) is 12.2 Å². The molecule has 1 aliphatic rings. The molecule has 0 saturated heterocycles. The molecule has 12 nitrogen and oxygen atoms in total. The second-order valence-corrected chi connectivity index (χ2v) is 9.82. The van der Waals surface area contributed by atoms with Crippen molar-refractivity contribution in [3.8, 4) is 11.5 Å². The van der Waals surface area contributed by atoms with Gasteiger partial charge in [-0.15, -0.1) is 0 Å². The maximum Gasteiger partial charge on any atom is 0.330 e. The lowest BCUT2D eigenvalue weighted by Crippen LogP contribution is -2.47. The van der Waals surface area contributed by atoms with Crippen LogP contribution in [0.15, 0.2) is 98.2 Å². The van der Waals surface area contributed by atoms with Crippen molar-refractivity contribution < 1.29 is 23.9 Å². The minimum Gasteiger partial charge on any atom is -0.497 e. The number of hydrogen-bond acceptors (Lipinski definition) is 8. The van der Waals surface area contributed by atoms with Crippen molar-refractivity contribution in [1.29, 1.82) is 0 Å². The first-order chi connectivity index (χ1) is 21.8. The predicted molar refractivity (Wildman–Crippen MR) is 173 cm³/mol. The Hall–Kier alpha value is -6.17. The molecule has 3 aromatic carbocycles. The number of aromatic nitrogens is 2. The number of para-hydroxylation sites is 2. The monoisotopic (exact) mass is 605 g/mol. The standard InChI is InChI=1S/C33H31N7O5/c1-5-29(41)35-23-13-11-21(12-14-23)19-40-31-22(20-39(33(40)43)24-15-25(44-3)17-26(16-24)45-4)18-34-32(38-31)37-28-10-8-7-9-27(28)36-30(42)6-2/h5-18H,1-2,19-20H2,3-4H3,(H,35,41)(H,36,42)(H,34,37,38). The van der Waals surface area contributed by atoms with Crippen molar-refractivity contribution in [2.75, 3.05) is 40.0 Å². The van der Waals surface area contributed by atoms with Crippen LogP contribution in [0.3, 0.4) is 0 Å². The van der Waals surface area contributed by atoms with E-state index in [9.17, 15) is 14.4 Å². The van der Waals surface area contributed by atoms with Crippen molar-refractivity contribution in [1.82, 2.24) is 9.97 Å². The van der Waals surface area contributed by atoms with Crippen LogP contribution >= 0.6 is 0 Å². The maximum absolute atomic E-state index is 14.2. The molecular formula is C33H31N7O5. The van der Waals surface area contributed by atoms with E-state index < -0.39 is 0 Å². The number of fused-ring (bicyclic) bond motifs is 1. The van der Waals surface area contributed by atoms with Gasteiger partial charge in [0.2, 0.25) is 17.8 Å². The lowest BCUT2D eigenvalue weighted by Gasteiger charge is -2.36. The fourth-order valence-corrected chi connectivity index (χ4v) is 4.64. The highest BCUT2D eigenvalue weighted by atomic mass is 16.5. The molecule has 4 amide bonds. The van der Waals surface area contributed by atoms with Crippen LogP contribution in [0, 0.1) is 0 Å². The van der Waals surface area contributed by atoms with Crippen molar-refractivity contribution in [3.05, 3.63) is 109 Å². The molecule has 1 aliphatic heterocycles. The number of benzene rings is 3. The molecule has 0 aliphatic carbocycles. The van der Waals surface area contributed by atoms with Gasteiger partial charge in [0.05, 0.1) is 44.4 Å². The second-order valence-electron chi connectivity index (χ2n) is 9.82. The maximum atomic E-state index is 14.2. The third-order valence-electron chi connectivity index (χ3n) is 6.90. The molecule has 0 spiro atoms. The molecule has 0 fully saturated rings. The van der Waals surface area contributed by atoms with Gasteiger partial charge < -0.3 is 25.4 Å². The van der Waals surface area contributed by atoms with Crippen LogP contribution in [0.4, 0.5) is 39.3 Å². The van der Waals surface area contributed by atoms with Gasteiger partial charge in [0.25, 0.3) is 0 Å². The van der Waals surface area contributed by atoms with Crippen molar-refractivity contribution in [3.63, 3.8) is 0 Å². The number of urea groups is 1. The number of nitrogens with zero attached hydrogens (tertiary/aromatic N) is 4. The number of carbonyl (C=O) groups is 3.